The molecule has 0 bridgehead atoms. The van der Waals surface area contributed by atoms with Crippen LogP contribution in [0.2, 0.25) is 0 Å². The molecular formula is C17H24N4O2S. The van der Waals surface area contributed by atoms with Gasteiger partial charge in [0.1, 0.15) is 10.7 Å². The molecule has 0 aliphatic rings. The Hall–Kier alpha value is -1.96. The van der Waals surface area contributed by atoms with Crippen LogP contribution in [-0.4, -0.2) is 31.4 Å². The first-order valence-corrected chi connectivity index (χ1v) is 9.50. The summed E-state index contributed by atoms with van der Waals surface area (Å²) in [5.74, 6) is 0.606. The lowest BCUT2D eigenvalue weighted by atomic mass is 10.1. The van der Waals surface area contributed by atoms with E-state index < -0.39 is 10.0 Å². The van der Waals surface area contributed by atoms with Crippen LogP contribution in [0.3, 0.4) is 0 Å². The van der Waals surface area contributed by atoms with E-state index >= 15 is 0 Å². The minimum absolute atomic E-state index is 0.00815. The number of pyridine rings is 1. The van der Waals surface area contributed by atoms with Gasteiger partial charge in [-0.2, -0.15) is 0 Å². The number of sulfonamides is 1. The highest BCUT2D eigenvalue weighted by molar-refractivity contribution is 7.89. The average Bonchev–Trinajstić information content (AvgIpc) is 2.58. The molecule has 0 aliphatic carbocycles. The SMILES string of the molecule is CCN(CC)Cc1ccc(CNc2ccc(S(N)(=O)=O)cn2)cc1. The molecule has 1 aromatic heterocycles. The number of rotatable bonds is 8. The fourth-order valence-electron chi connectivity index (χ4n) is 2.31. The predicted octanol–water partition coefficient (Wildman–Crippen LogP) is 2.18. The second-order valence-corrected chi connectivity index (χ2v) is 7.12. The smallest absolute Gasteiger partial charge is 0.239 e. The monoisotopic (exact) mass is 348 g/mol. The molecule has 130 valence electrons. The maximum Gasteiger partial charge on any atom is 0.239 e. The number of nitrogens with zero attached hydrogens (tertiary/aromatic N) is 2. The van der Waals surface area contributed by atoms with E-state index in [4.69, 9.17) is 5.14 Å². The fourth-order valence-corrected chi connectivity index (χ4v) is 2.77. The number of nitrogens with two attached hydrogens (primary N) is 1. The van der Waals surface area contributed by atoms with Crippen molar-refractivity contribution >= 4 is 15.8 Å². The molecule has 2 rings (SSSR count). The van der Waals surface area contributed by atoms with Gasteiger partial charge < -0.3 is 5.32 Å². The summed E-state index contributed by atoms with van der Waals surface area (Å²) in [6.45, 7) is 7.98. The molecule has 6 nitrogen and oxygen atoms in total. The van der Waals surface area contributed by atoms with Gasteiger partial charge in [0.15, 0.2) is 0 Å². The molecular weight excluding hydrogens is 324 g/mol. The van der Waals surface area contributed by atoms with Crippen molar-refractivity contribution in [3.8, 4) is 0 Å². The second kappa shape index (κ2) is 8.23. The summed E-state index contributed by atoms with van der Waals surface area (Å²) in [7, 11) is -3.70. The first kappa shape index (κ1) is 18.4. The van der Waals surface area contributed by atoms with E-state index in [0.717, 1.165) is 25.2 Å². The summed E-state index contributed by atoms with van der Waals surface area (Å²) < 4.78 is 22.4. The summed E-state index contributed by atoms with van der Waals surface area (Å²) in [6.07, 6.45) is 1.25. The lowest BCUT2D eigenvalue weighted by Crippen LogP contribution is -2.22. The molecule has 1 aromatic carbocycles. The molecule has 0 unspecified atom stereocenters. The van der Waals surface area contributed by atoms with E-state index in [2.05, 4.69) is 53.3 Å². The van der Waals surface area contributed by atoms with Gasteiger partial charge in [-0.15, -0.1) is 0 Å². The van der Waals surface area contributed by atoms with E-state index in [0.29, 0.717) is 12.4 Å². The van der Waals surface area contributed by atoms with Gasteiger partial charge in [0.2, 0.25) is 10.0 Å². The van der Waals surface area contributed by atoms with Crippen molar-refractivity contribution in [2.45, 2.75) is 31.8 Å². The van der Waals surface area contributed by atoms with Crippen LogP contribution in [0.25, 0.3) is 0 Å². The van der Waals surface area contributed by atoms with Crippen molar-refractivity contribution in [2.75, 3.05) is 18.4 Å². The largest absolute Gasteiger partial charge is 0.366 e. The van der Waals surface area contributed by atoms with Gasteiger partial charge in [-0.1, -0.05) is 38.1 Å². The van der Waals surface area contributed by atoms with E-state index in [9.17, 15) is 8.42 Å². The molecule has 3 N–H and O–H groups in total. The number of aromatic nitrogens is 1. The molecule has 0 atom stereocenters. The minimum atomic E-state index is -3.70. The molecule has 2 aromatic rings. The quantitative estimate of drug-likeness (QED) is 0.763. The Labute approximate surface area is 143 Å². The highest BCUT2D eigenvalue weighted by Gasteiger charge is 2.07. The van der Waals surface area contributed by atoms with Gasteiger partial charge >= 0.3 is 0 Å². The Morgan fingerprint density at radius 1 is 1.04 bits per heavy atom. The van der Waals surface area contributed by atoms with Crippen LogP contribution in [0.5, 0.6) is 0 Å². The summed E-state index contributed by atoms with van der Waals surface area (Å²) >= 11 is 0. The lowest BCUT2D eigenvalue weighted by molar-refractivity contribution is 0.296. The Morgan fingerprint density at radius 2 is 1.67 bits per heavy atom. The van der Waals surface area contributed by atoms with Crippen LogP contribution < -0.4 is 10.5 Å². The molecule has 7 heteroatoms. The number of anilines is 1. The molecule has 0 amide bonds. The summed E-state index contributed by atoms with van der Waals surface area (Å²) in [6, 6.07) is 11.5. The van der Waals surface area contributed by atoms with Crippen LogP contribution >= 0.6 is 0 Å². The normalized spacial score (nSPS) is 11.7. The molecule has 0 radical (unpaired) electrons. The molecule has 0 spiro atoms. The summed E-state index contributed by atoms with van der Waals surface area (Å²) in [5, 5.41) is 8.21. The molecule has 24 heavy (non-hydrogen) atoms. The zero-order valence-electron chi connectivity index (χ0n) is 14.1. The van der Waals surface area contributed by atoms with Crippen LogP contribution in [0.15, 0.2) is 47.5 Å². The highest BCUT2D eigenvalue weighted by atomic mass is 32.2. The number of hydrogen-bond donors (Lipinski definition) is 2. The molecule has 1 heterocycles. The second-order valence-electron chi connectivity index (χ2n) is 5.56. The maximum absolute atomic E-state index is 11.2. The minimum Gasteiger partial charge on any atom is -0.366 e. The Bertz CT molecular complexity index is 739. The van der Waals surface area contributed by atoms with Crippen molar-refractivity contribution in [1.82, 2.24) is 9.88 Å². The van der Waals surface area contributed by atoms with Gasteiger partial charge in [-0.05, 0) is 36.3 Å². The number of nitrogens with one attached hydrogen (secondary N) is 1. The van der Waals surface area contributed by atoms with E-state index in [1.54, 1.807) is 6.07 Å². The first-order chi connectivity index (χ1) is 11.4. The van der Waals surface area contributed by atoms with Crippen LogP contribution in [0.1, 0.15) is 25.0 Å². The maximum atomic E-state index is 11.2. The fraction of sp³-hybridized carbons (Fsp3) is 0.353. The third kappa shape index (κ3) is 5.30. The van der Waals surface area contributed by atoms with E-state index in [-0.39, 0.29) is 4.90 Å². The van der Waals surface area contributed by atoms with Crippen molar-refractivity contribution < 1.29 is 8.42 Å². The first-order valence-electron chi connectivity index (χ1n) is 7.95. The van der Waals surface area contributed by atoms with Crippen LogP contribution in [0.4, 0.5) is 5.82 Å². The molecule has 0 saturated heterocycles. The third-order valence-corrected chi connectivity index (χ3v) is 4.76. The molecule has 0 saturated carbocycles. The van der Waals surface area contributed by atoms with Crippen molar-refractivity contribution in [3.05, 3.63) is 53.7 Å². The van der Waals surface area contributed by atoms with Gasteiger partial charge in [-0.25, -0.2) is 18.5 Å². The average molecular weight is 348 g/mol. The summed E-state index contributed by atoms with van der Waals surface area (Å²) in [4.78, 5) is 6.44. The molecule has 0 aliphatic heterocycles. The van der Waals surface area contributed by atoms with Gasteiger partial charge in [-0.3, -0.25) is 4.90 Å². The van der Waals surface area contributed by atoms with Crippen LogP contribution in [0, 0.1) is 0 Å². The van der Waals surface area contributed by atoms with Crippen molar-refractivity contribution in [2.24, 2.45) is 5.14 Å². The van der Waals surface area contributed by atoms with Crippen molar-refractivity contribution in [1.29, 1.82) is 0 Å². The highest BCUT2D eigenvalue weighted by Crippen LogP contribution is 2.12. The zero-order chi connectivity index (χ0) is 17.6. The number of primary sulfonamides is 1. The van der Waals surface area contributed by atoms with Crippen molar-refractivity contribution in [3.63, 3.8) is 0 Å². The van der Waals surface area contributed by atoms with E-state index in [1.165, 1.54) is 17.8 Å². The van der Waals surface area contributed by atoms with Gasteiger partial charge in [0, 0.05) is 19.3 Å². The van der Waals surface area contributed by atoms with Crippen LogP contribution in [-0.2, 0) is 23.1 Å². The predicted molar refractivity (Wildman–Crippen MR) is 96.0 cm³/mol. The number of hydrogen-bond acceptors (Lipinski definition) is 5. The lowest BCUT2D eigenvalue weighted by Gasteiger charge is -2.18. The topological polar surface area (TPSA) is 88.3 Å². The standard InChI is InChI=1S/C17H24N4O2S/c1-3-21(4-2)13-15-7-5-14(6-8-15)11-19-17-10-9-16(12-20-17)24(18,22)23/h5-10,12H,3-4,11,13H2,1-2H3,(H,19,20)(H2,18,22,23). The van der Waals surface area contributed by atoms with Gasteiger partial charge in [0.05, 0.1) is 0 Å². The molecule has 0 fully saturated rings. The third-order valence-electron chi connectivity index (χ3n) is 3.86. The van der Waals surface area contributed by atoms with Gasteiger partial charge in [0.25, 0.3) is 0 Å². The number of benzene rings is 1. The Morgan fingerprint density at radius 3 is 2.17 bits per heavy atom. The Balaban J connectivity index is 1.92. The van der Waals surface area contributed by atoms with E-state index in [1.807, 2.05) is 0 Å². The Kier molecular flexibility index (Phi) is 6.30. The summed E-state index contributed by atoms with van der Waals surface area (Å²) in [5.41, 5.74) is 2.42. The zero-order valence-corrected chi connectivity index (χ0v) is 14.9.